The maximum Gasteiger partial charge on any atom is 0.274 e. The third-order valence-corrected chi connectivity index (χ3v) is 5.74. The van der Waals surface area contributed by atoms with Crippen LogP contribution in [0.4, 0.5) is 5.69 Å². The van der Waals surface area contributed by atoms with Gasteiger partial charge in [-0.05, 0) is 43.9 Å². The van der Waals surface area contributed by atoms with Gasteiger partial charge in [0, 0.05) is 23.2 Å². The first-order chi connectivity index (χ1) is 13.0. The number of piperidine rings is 1. The van der Waals surface area contributed by atoms with Gasteiger partial charge in [0.25, 0.3) is 5.91 Å². The second kappa shape index (κ2) is 7.15. The molecule has 1 aliphatic heterocycles. The Morgan fingerprint density at radius 1 is 1.44 bits per heavy atom. The summed E-state index contributed by atoms with van der Waals surface area (Å²) in [6.07, 6.45) is 5.04. The van der Waals surface area contributed by atoms with E-state index in [0.29, 0.717) is 18.5 Å². The quantitative estimate of drug-likeness (QED) is 0.719. The van der Waals surface area contributed by atoms with Crippen molar-refractivity contribution in [3.63, 3.8) is 0 Å². The summed E-state index contributed by atoms with van der Waals surface area (Å²) >= 11 is 1.58. The highest BCUT2D eigenvalue weighted by Crippen LogP contribution is 2.26. The molecule has 1 saturated heterocycles. The van der Waals surface area contributed by atoms with Gasteiger partial charge in [-0.3, -0.25) is 14.0 Å². The van der Waals surface area contributed by atoms with Gasteiger partial charge in [-0.25, -0.2) is 4.98 Å². The number of fused-ring (bicyclic) bond motifs is 1. The summed E-state index contributed by atoms with van der Waals surface area (Å²) in [7, 11) is 0. The van der Waals surface area contributed by atoms with Gasteiger partial charge in [-0.1, -0.05) is 19.1 Å². The van der Waals surface area contributed by atoms with E-state index in [1.807, 2.05) is 48.7 Å². The van der Waals surface area contributed by atoms with Crippen molar-refractivity contribution >= 4 is 33.8 Å². The lowest BCUT2D eigenvalue weighted by Crippen LogP contribution is -2.32. The number of imidazole rings is 1. The molecule has 1 atom stereocenters. The normalized spacial score (nSPS) is 17.1. The summed E-state index contributed by atoms with van der Waals surface area (Å²) in [5.41, 5.74) is 3.13. The fourth-order valence-corrected chi connectivity index (χ4v) is 4.41. The second-order valence-electron chi connectivity index (χ2n) is 6.85. The van der Waals surface area contributed by atoms with Crippen LogP contribution in [0.3, 0.4) is 0 Å². The minimum atomic E-state index is -0.165. The molecule has 0 aliphatic carbocycles. The Kier molecular flexibility index (Phi) is 4.70. The Bertz CT molecular complexity index is 1020. The first-order valence-electron chi connectivity index (χ1n) is 9.23. The SMILES string of the molecule is CCc1nc2sc(C)cn2c1C(=O)Nc1cccc(C2CCCC(=O)N2)c1. The van der Waals surface area contributed by atoms with Crippen molar-refractivity contribution in [2.75, 3.05) is 5.32 Å². The Balaban J connectivity index is 1.60. The number of hydrogen-bond donors (Lipinski definition) is 2. The van der Waals surface area contributed by atoms with Crippen LogP contribution in [0.1, 0.15) is 58.9 Å². The lowest BCUT2D eigenvalue weighted by molar-refractivity contribution is -0.123. The van der Waals surface area contributed by atoms with E-state index in [-0.39, 0.29) is 17.9 Å². The summed E-state index contributed by atoms with van der Waals surface area (Å²) in [6, 6.07) is 7.72. The third-order valence-electron chi connectivity index (χ3n) is 4.84. The molecule has 1 aliphatic rings. The predicted octanol–water partition coefficient (Wildman–Crippen LogP) is 3.86. The van der Waals surface area contributed by atoms with E-state index in [1.54, 1.807) is 11.3 Å². The molecule has 2 N–H and O–H groups in total. The van der Waals surface area contributed by atoms with E-state index in [9.17, 15) is 9.59 Å². The maximum absolute atomic E-state index is 13.0. The van der Waals surface area contributed by atoms with Gasteiger partial charge in [-0.15, -0.1) is 11.3 Å². The van der Waals surface area contributed by atoms with Crippen molar-refractivity contribution in [1.82, 2.24) is 14.7 Å². The van der Waals surface area contributed by atoms with Crippen LogP contribution in [-0.4, -0.2) is 21.2 Å². The minimum Gasteiger partial charge on any atom is -0.349 e. The molecule has 0 bridgehead atoms. The number of anilines is 1. The van der Waals surface area contributed by atoms with E-state index < -0.39 is 0 Å². The number of nitrogens with one attached hydrogen (secondary N) is 2. The summed E-state index contributed by atoms with van der Waals surface area (Å²) < 4.78 is 1.87. The van der Waals surface area contributed by atoms with Crippen LogP contribution in [0.2, 0.25) is 0 Å². The number of aromatic nitrogens is 2. The minimum absolute atomic E-state index is 0.00972. The zero-order valence-electron chi connectivity index (χ0n) is 15.4. The zero-order valence-corrected chi connectivity index (χ0v) is 16.2. The molecule has 7 heteroatoms. The van der Waals surface area contributed by atoms with Crippen molar-refractivity contribution in [2.45, 2.75) is 45.6 Å². The molecule has 3 heterocycles. The largest absolute Gasteiger partial charge is 0.349 e. The van der Waals surface area contributed by atoms with Gasteiger partial charge in [0.15, 0.2) is 4.96 Å². The van der Waals surface area contributed by atoms with E-state index in [4.69, 9.17) is 0 Å². The van der Waals surface area contributed by atoms with Crippen molar-refractivity contribution in [3.8, 4) is 0 Å². The van der Waals surface area contributed by atoms with Gasteiger partial charge in [0.05, 0.1) is 11.7 Å². The van der Waals surface area contributed by atoms with Gasteiger partial charge < -0.3 is 10.6 Å². The molecule has 140 valence electrons. The lowest BCUT2D eigenvalue weighted by Gasteiger charge is -2.24. The average Bonchev–Trinajstić information content (AvgIpc) is 3.17. The summed E-state index contributed by atoms with van der Waals surface area (Å²) in [5, 5.41) is 6.02. The number of rotatable bonds is 4. The molecule has 27 heavy (non-hydrogen) atoms. The van der Waals surface area contributed by atoms with Crippen LogP contribution in [0.15, 0.2) is 30.5 Å². The monoisotopic (exact) mass is 382 g/mol. The Morgan fingerprint density at radius 3 is 3.07 bits per heavy atom. The summed E-state index contributed by atoms with van der Waals surface area (Å²) in [4.78, 5) is 31.2. The van der Waals surface area contributed by atoms with Crippen molar-refractivity contribution in [2.24, 2.45) is 0 Å². The van der Waals surface area contributed by atoms with Gasteiger partial charge in [0.2, 0.25) is 5.91 Å². The van der Waals surface area contributed by atoms with Crippen molar-refractivity contribution < 1.29 is 9.59 Å². The molecule has 0 spiro atoms. The van der Waals surface area contributed by atoms with E-state index in [0.717, 1.165) is 39.6 Å². The average molecular weight is 382 g/mol. The number of amides is 2. The highest BCUT2D eigenvalue weighted by molar-refractivity contribution is 7.17. The molecular weight excluding hydrogens is 360 g/mol. The molecule has 0 saturated carbocycles. The van der Waals surface area contributed by atoms with Gasteiger partial charge in [-0.2, -0.15) is 0 Å². The first kappa shape index (κ1) is 17.7. The maximum atomic E-state index is 13.0. The van der Waals surface area contributed by atoms with Crippen LogP contribution in [-0.2, 0) is 11.2 Å². The molecule has 4 rings (SSSR count). The van der Waals surface area contributed by atoms with Crippen LogP contribution < -0.4 is 10.6 Å². The van der Waals surface area contributed by atoms with E-state index in [2.05, 4.69) is 15.6 Å². The zero-order chi connectivity index (χ0) is 19.0. The first-order valence-corrected chi connectivity index (χ1v) is 10.0. The number of aryl methyl sites for hydroxylation is 2. The van der Waals surface area contributed by atoms with Gasteiger partial charge >= 0.3 is 0 Å². The topological polar surface area (TPSA) is 75.5 Å². The Labute approximate surface area is 161 Å². The Hall–Kier alpha value is -2.67. The fraction of sp³-hybridized carbons (Fsp3) is 0.350. The smallest absolute Gasteiger partial charge is 0.274 e. The van der Waals surface area contributed by atoms with Crippen LogP contribution >= 0.6 is 11.3 Å². The molecule has 1 unspecified atom stereocenters. The second-order valence-corrected chi connectivity index (χ2v) is 8.06. The van der Waals surface area contributed by atoms with Crippen LogP contribution in [0.25, 0.3) is 4.96 Å². The number of hydrogen-bond acceptors (Lipinski definition) is 4. The molecule has 1 aromatic carbocycles. The summed E-state index contributed by atoms with van der Waals surface area (Å²) in [6.45, 7) is 4.01. The number of carbonyl (C=O) groups is 2. The van der Waals surface area contributed by atoms with Crippen LogP contribution in [0.5, 0.6) is 0 Å². The predicted molar refractivity (Wildman–Crippen MR) is 106 cm³/mol. The highest BCUT2D eigenvalue weighted by Gasteiger charge is 2.22. The molecule has 1 fully saturated rings. The molecular formula is C20H22N4O2S. The Morgan fingerprint density at radius 2 is 2.30 bits per heavy atom. The number of carbonyl (C=O) groups excluding carboxylic acids is 2. The van der Waals surface area contributed by atoms with E-state index >= 15 is 0 Å². The van der Waals surface area contributed by atoms with Crippen molar-refractivity contribution in [3.05, 3.63) is 52.3 Å². The highest BCUT2D eigenvalue weighted by atomic mass is 32.1. The molecule has 2 aromatic heterocycles. The standard InChI is InChI=1S/C20H22N4O2S/c1-3-15-18(24-11-12(2)27-20(24)23-15)19(26)21-14-7-4-6-13(10-14)16-8-5-9-17(25)22-16/h4,6-7,10-11,16H,3,5,8-9H2,1-2H3,(H,21,26)(H,22,25). The van der Waals surface area contributed by atoms with Crippen molar-refractivity contribution in [1.29, 1.82) is 0 Å². The molecule has 2 amide bonds. The number of nitrogens with zero attached hydrogens (tertiary/aromatic N) is 2. The number of benzene rings is 1. The molecule has 3 aromatic rings. The van der Waals surface area contributed by atoms with E-state index in [1.165, 1.54) is 0 Å². The molecule has 0 radical (unpaired) electrons. The number of thiazole rings is 1. The van der Waals surface area contributed by atoms with Crippen LogP contribution in [0, 0.1) is 6.92 Å². The third kappa shape index (κ3) is 3.47. The lowest BCUT2D eigenvalue weighted by atomic mass is 9.97. The molecule has 6 nitrogen and oxygen atoms in total. The fourth-order valence-electron chi connectivity index (χ4n) is 3.57. The summed E-state index contributed by atoms with van der Waals surface area (Å²) in [5.74, 6) is -0.0789. The van der Waals surface area contributed by atoms with Gasteiger partial charge in [0.1, 0.15) is 5.69 Å².